The smallest absolute Gasteiger partial charge is 0.306 e. The molecule has 0 aromatic carbocycles. The Bertz CT molecular complexity index is 1590. The van der Waals surface area contributed by atoms with Gasteiger partial charge in [-0.1, -0.05) is 297 Å². The van der Waals surface area contributed by atoms with Crippen LogP contribution in [-0.4, -0.2) is 37.2 Å². The second-order valence-electron chi connectivity index (χ2n) is 22.0. The Morgan fingerprint density at radius 2 is 0.494 bits per heavy atom. The summed E-state index contributed by atoms with van der Waals surface area (Å²) in [5.41, 5.74) is 0. The summed E-state index contributed by atoms with van der Waals surface area (Å²) < 4.78 is 16.9. The fourth-order valence-corrected chi connectivity index (χ4v) is 9.28. The molecule has 0 aliphatic heterocycles. The zero-order valence-corrected chi connectivity index (χ0v) is 51.9. The molecule has 0 aromatic rings. The van der Waals surface area contributed by atoms with Crippen LogP contribution in [0.4, 0.5) is 0 Å². The van der Waals surface area contributed by atoms with Gasteiger partial charge in [-0.25, -0.2) is 0 Å². The number of carbonyl (C=O) groups excluding carboxylic acids is 3. The van der Waals surface area contributed by atoms with Crippen LogP contribution in [0, 0.1) is 0 Å². The van der Waals surface area contributed by atoms with Gasteiger partial charge in [0.1, 0.15) is 13.2 Å². The molecule has 6 heteroatoms. The molecule has 452 valence electrons. The molecule has 6 nitrogen and oxygen atoms in total. The largest absolute Gasteiger partial charge is 0.462 e. The predicted molar refractivity (Wildman–Crippen MR) is 343 cm³/mol. The van der Waals surface area contributed by atoms with Crippen LogP contribution in [0.15, 0.2) is 109 Å². The minimum Gasteiger partial charge on any atom is -0.462 e. The van der Waals surface area contributed by atoms with Crippen molar-refractivity contribution in [3.63, 3.8) is 0 Å². The van der Waals surface area contributed by atoms with Gasteiger partial charge < -0.3 is 14.2 Å². The van der Waals surface area contributed by atoms with Crippen LogP contribution in [0.25, 0.3) is 0 Å². The van der Waals surface area contributed by atoms with Gasteiger partial charge in [0.05, 0.1) is 0 Å². The number of ether oxygens (including phenoxy) is 3. The fourth-order valence-electron chi connectivity index (χ4n) is 9.28. The minimum absolute atomic E-state index is 0.0872. The standard InChI is InChI=1S/C73H124O6/c1-4-7-10-13-16-19-21-23-25-27-29-31-33-34-35-36-37-38-40-41-43-45-47-49-51-54-57-60-63-66-72(75)78-69-70(68-77-71(74)65-62-59-56-53-18-15-12-9-6-3)79-73(76)67-64-61-58-55-52-50-48-46-44-42-39-32-30-28-26-24-22-20-17-14-11-8-5-2/h8,11,17,20-21,23-24,26-27,29-30,32-34,42,44,48,50,70H,4-7,9-10,12-16,18-19,22,25,28,31,35-41,43,45-47,49,51-69H2,1-3H3/b11-8-,20-17-,23-21-,26-24-,29-27-,32-30-,34-33-,44-42-,50-48-. The summed E-state index contributed by atoms with van der Waals surface area (Å²) in [5.74, 6) is -0.908. The van der Waals surface area contributed by atoms with Crippen molar-refractivity contribution in [2.75, 3.05) is 13.2 Å². The highest BCUT2D eigenvalue weighted by Crippen LogP contribution is 2.16. The third kappa shape index (κ3) is 64.8. The zero-order valence-electron chi connectivity index (χ0n) is 51.9. The summed E-state index contributed by atoms with van der Waals surface area (Å²) in [6, 6.07) is 0. The minimum atomic E-state index is -0.792. The molecule has 79 heavy (non-hydrogen) atoms. The highest BCUT2D eigenvalue weighted by atomic mass is 16.6. The van der Waals surface area contributed by atoms with E-state index in [2.05, 4.69) is 130 Å². The number of carbonyl (C=O) groups is 3. The first-order valence-corrected chi connectivity index (χ1v) is 33.4. The van der Waals surface area contributed by atoms with E-state index in [1.807, 2.05) is 0 Å². The Morgan fingerprint density at radius 3 is 0.772 bits per heavy atom. The molecule has 0 aliphatic rings. The van der Waals surface area contributed by atoms with Crippen molar-refractivity contribution < 1.29 is 28.6 Å². The zero-order chi connectivity index (χ0) is 57.1. The van der Waals surface area contributed by atoms with Crippen LogP contribution < -0.4 is 0 Å². The number of rotatable bonds is 60. The summed E-state index contributed by atoms with van der Waals surface area (Å²) in [7, 11) is 0. The van der Waals surface area contributed by atoms with Crippen LogP contribution in [0.1, 0.15) is 316 Å². The molecule has 0 aromatic heterocycles. The molecular formula is C73H124O6. The van der Waals surface area contributed by atoms with E-state index in [1.165, 1.54) is 154 Å². The highest BCUT2D eigenvalue weighted by molar-refractivity contribution is 5.71. The predicted octanol–water partition coefficient (Wildman–Crippen LogP) is 23.0. The van der Waals surface area contributed by atoms with Crippen LogP contribution in [0.5, 0.6) is 0 Å². The second-order valence-corrected chi connectivity index (χ2v) is 22.0. The molecule has 1 unspecified atom stereocenters. The molecule has 0 N–H and O–H groups in total. The molecule has 0 saturated heterocycles. The SMILES string of the molecule is CC/C=C\C/C=C\C/C=C\C/C=C\C/C=C\C/C=C\CCCCCCC(=O)OC(COC(=O)CCCCCCCCCCC)COC(=O)CCCCCCCCCCCCCCCC/C=C\C/C=C\C/C=C\CCCCCCC. The third-order valence-corrected chi connectivity index (χ3v) is 14.3. The quantitative estimate of drug-likeness (QED) is 0.0261. The molecule has 1 atom stereocenters. The first-order chi connectivity index (χ1) is 39.0. The lowest BCUT2D eigenvalue weighted by Gasteiger charge is -2.18. The van der Waals surface area contributed by atoms with Gasteiger partial charge in [0.25, 0.3) is 0 Å². The van der Waals surface area contributed by atoms with Gasteiger partial charge in [0.15, 0.2) is 6.10 Å². The molecule has 0 heterocycles. The van der Waals surface area contributed by atoms with Gasteiger partial charge in [-0.05, 0) is 109 Å². The number of hydrogen-bond donors (Lipinski definition) is 0. The molecule has 0 aliphatic carbocycles. The van der Waals surface area contributed by atoms with Gasteiger partial charge in [-0.15, -0.1) is 0 Å². The number of hydrogen-bond acceptors (Lipinski definition) is 6. The molecule has 0 fully saturated rings. The van der Waals surface area contributed by atoms with Gasteiger partial charge >= 0.3 is 17.9 Å². The average molecular weight is 1100 g/mol. The van der Waals surface area contributed by atoms with Crippen molar-refractivity contribution in [3.8, 4) is 0 Å². The topological polar surface area (TPSA) is 78.9 Å². The van der Waals surface area contributed by atoms with E-state index in [0.29, 0.717) is 19.3 Å². The lowest BCUT2D eigenvalue weighted by Crippen LogP contribution is -2.30. The van der Waals surface area contributed by atoms with E-state index in [4.69, 9.17) is 14.2 Å². The van der Waals surface area contributed by atoms with Crippen molar-refractivity contribution in [1.82, 2.24) is 0 Å². The monoisotopic (exact) mass is 1100 g/mol. The summed E-state index contributed by atoms with van der Waals surface area (Å²) >= 11 is 0. The van der Waals surface area contributed by atoms with Crippen molar-refractivity contribution in [2.24, 2.45) is 0 Å². The van der Waals surface area contributed by atoms with Crippen molar-refractivity contribution >= 4 is 17.9 Å². The Balaban J connectivity index is 4.23. The first-order valence-electron chi connectivity index (χ1n) is 33.4. The first kappa shape index (κ1) is 75.1. The van der Waals surface area contributed by atoms with Crippen LogP contribution in [-0.2, 0) is 28.6 Å². The summed E-state index contributed by atoms with van der Waals surface area (Å²) in [6.45, 7) is 6.49. The third-order valence-electron chi connectivity index (χ3n) is 14.3. The van der Waals surface area contributed by atoms with Crippen molar-refractivity contribution in [2.45, 2.75) is 322 Å². The number of unbranched alkanes of at least 4 members (excludes halogenated alkanes) is 31. The highest BCUT2D eigenvalue weighted by Gasteiger charge is 2.19. The lowest BCUT2D eigenvalue weighted by molar-refractivity contribution is -0.167. The normalized spacial score (nSPS) is 12.8. The van der Waals surface area contributed by atoms with Crippen LogP contribution in [0.2, 0.25) is 0 Å². The van der Waals surface area contributed by atoms with E-state index in [1.54, 1.807) is 0 Å². The van der Waals surface area contributed by atoms with E-state index in [0.717, 1.165) is 122 Å². The lowest BCUT2D eigenvalue weighted by atomic mass is 10.0. The Morgan fingerprint density at radius 1 is 0.266 bits per heavy atom. The Hall–Kier alpha value is -3.93. The van der Waals surface area contributed by atoms with E-state index < -0.39 is 6.10 Å². The van der Waals surface area contributed by atoms with Gasteiger partial charge in [0.2, 0.25) is 0 Å². The molecule has 0 bridgehead atoms. The maximum Gasteiger partial charge on any atom is 0.306 e. The van der Waals surface area contributed by atoms with E-state index in [-0.39, 0.29) is 31.1 Å². The second kappa shape index (κ2) is 66.6. The molecule has 0 amide bonds. The molecule has 0 saturated carbocycles. The van der Waals surface area contributed by atoms with E-state index in [9.17, 15) is 14.4 Å². The average Bonchev–Trinajstić information content (AvgIpc) is 3.45. The molecule has 0 spiro atoms. The number of allylic oxidation sites excluding steroid dienone is 18. The molecule has 0 radical (unpaired) electrons. The van der Waals surface area contributed by atoms with Gasteiger partial charge in [0, 0.05) is 19.3 Å². The maximum atomic E-state index is 12.9. The van der Waals surface area contributed by atoms with Gasteiger partial charge in [-0.3, -0.25) is 14.4 Å². The fraction of sp³-hybridized carbons (Fsp3) is 0.712. The maximum absolute atomic E-state index is 12.9. The Kier molecular flexibility index (Phi) is 63.3. The van der Waals surface area contributed by atoms with Crippen LogP contribution >= 0.6 is 0 Å². The summed E-state index contributed by atoms with van der Waals surface area (Å²) in [4.78, 5) is 38.2. The Labute approximate surface area is 489 Å². The van der Waals surface area contributed by atoms with Crippen molar-refractivity contribution in [3.05, 3.63) is 109 Å². The van der Waals surface area contributed by atoms with Crippen molar-refractivity contribution in [1.29, 1.82) is 0 Å². The summed E-state index contributed by atoms with van der Waals surface area (Å²) in [6.07, 6.45) is 91.1. The molecular weight excluding hydrogens is 973 g/mol. The summed E-state index contributed by atoms with van der Waals surface area (Å²) in [5, 5.41) is 0. The van der Waals surface area contributed by atoms with Gasteiger partial charge in [-0.2, -0.15) is 0 Å². The molecule has 0 rings (SSSR count). The van der Waals surface area contributed by atoms with Crippen LogP contribution in [0.3, 0.4) is 0 Å². The number of esters is 3. The van der Waals surface area contributed by atoms with E-state index >= 15 is 0 Å².